The Labute approximate surface area is 100 Å². The first-order valence-corrected chi connectivity index (χ1v) is 5.66. The van der Waals surface area contributed by atoms with E-state index in [0.717, 1.165) is 11.1 Å². The maximum absolute atomic E-state index is 5.86. The molecule has 1 aliphatic rings. The zero-order chi connectivity index (χ0) is 11.6. The van der Waals surface area contributed by atoms with Gasteiger partial charge in [-0.25, -0.2) is 0 Å². The first kappa shape index (κ1) is 10.4. The van der Waals surface area contributed by atoms with E-state index in [1.165, 1.54) is 0 Å². The molecule has 1 saturated heterocycles. The van der Waals surface area contributed by atoms with E-state index in [4.69, 9.17) is 9.47 Å². The second-order valence-corrected chi connectivity index (χ2v) is 3.92. The molecule has 3 rings (SSSR count). The molecule has 0 saturated carbocycles. The third-order valence-electron chi connectivity index (χ3n) is 2.91. The lowest BCUT2D eigenvalue weighted by molar-refractivity contribution is -0.129. The maximum Gasteiger partial charge on any atom is 0.222 e. The summed E-state index contributed by atoms with van der Waals surface area (Å²) in [5.41, 5.74) is 2.00. The number of nitrogens with zero attached hydrogens (tertiary/aromatic N) is 1. The zero-order valence-electron chi connectivity index (χ0n) is 9.37. The maximum atomic E-state index is 5.86. The van der Waals surface area contributed by atoms with Gasteiger partial charge in [0.05, 0.1) is 13.2 Å². The van der Waals surface area contributed by atoms with Crippen molar-refractivity contribution in [3.8, 4) is 0 Å². The number of ether oxygens (including phenoxy) is 2. The van der Waals surface area contributed by atoms with Crippen molar-refractivity contribution in [1.29, 1.82) is 0 Å². The Morgan fingerprint density at radius 1 is 0.824 bits per heavy atom. The van der Waals surface area contributed by atoms with E-state index in [1.807, 2.05) is 42.5 Å². The molecule has 0 radical (unpaired) electrons. The van der Waals surface area contributed by atoms with Crippen LogP contribution in [0.4, 0.5) is 0 Å². The van der Waals surface area contributed by atoms with E-state index in [0.29, 0.717) is 13.2 Å². The van der Waals surface area contributed by atoms with Gasteiger partial charge in [-0.3, -0.25) is 4.98 Å². The molecule has 2 aromatic rings. The molecule has 0 unspecified atom stereocenters. The standard InChI is InChI=1S/C14H13NO2/c1-2-4-12(5-3-1)14(16-10-11-17-14)13-6-8-15-9-7-13/h1-9H,10-11H2. The second-order valence-electron chi connectivity index (χ2n) is 3.92. The SMILES string of the molecule is c1ccc(C2(c3ccncc3)OCCO2)cc1. The van der Waals surface area contributed by atoms with Gasteiger partial charge in [0.25, 0.3) is 0 Å². The lowest BCUT2D eigenvalue weighted by atomic mass is 9.98. The molecule has 0 atom stereocenters. The van der Waals surface area contributed by atoms with Crippen LogP contribution in [0, 0.1) is 0 Å². The van der Waals surface area contributed by atoms with E-state index in [2.05, 4.69) is 4.98 Å². The summed E-state index contributed by atoms with van der Waals surface area (Å²) in [6.07, 6.45) is 3.51. The minimum Gasteiger partial charge on any atom is -0.340 e. The molecule has 0 aliphatic carbocycles. The van der Waals surface area contributed by atoms with Crippen LogP contribution in [0.5, 0.6) is 0 Å². The molecule has 0 bridgehead atoms. The highest BCUT2D eigenvalue weighted by Gasteiger charge is 2.40. The van der Waals surface area contributed by atoms with Gasteiger partial charge in [0.1, 0.15) is 0 Å². The quantitative estimate of drug-likeness (QED) is 0.789. The molecule has 1 aromatic carbocycles. The Kier molecular flexibility index (Phi) is 2.63. The number of benzene rings is 1. The number of aromatic nitrogens is 1. The molecule has 0 spiro atoms. The van der Waals surface area contributed by atoms with Gasteiger partial charge < -0.3 is 9.47 Å². The summed E-state index contributed by atoms with van der Waals surface area (Å²) < 4.78 is 11.7. The van der Waals surface area contributed by atoms with Crippen LogP contribution in [0.15, 0.2) is 54.9 Å². The Bertz CT molecular complexity index is 437. The highest BCUT2D eigenvalue weighted by molar-refractivity contribution is 5.33. The Hall–Kier alpha value is -1.71. The van der Waals surface area contributed by atoms with Gasteiger partial charge >= 0.3 is 0 Å². The highest BCUT2D eigenvalue weighted by atomic mass is 16.7. The molecule has 0 N–H and O–H groups in total. The fourth-order valence-corrected chi connectivity index (χ4v) is 2.14. The average Bonchev–Trinajstić information content (AvgIpc) is 2.91. The van der Waals surface area contributed by atoms with Crippen LogP contribution in [-0.4, -0.2) is 18.2 Å². The van der Waals surface area contributed by atoms with Crippen molar-refractivity contribution in [3.05, 3.63) is 66.0 Å². The number of hydrogen-bond acceptors (Lipinski definition) is 3. The fourth-order valence-electron chi connectivity index (χ4n) is 2.14. The molecular formula is C14H13NO2. The van der Waals surface area contributed by atoms with E-state index < -0.39 is 5.79 Å². The molecule has 3 heteroatoms. The summed E-state index contributed by atoms with van der Waals surface area (Å²) in [6, 6.07) is 13.9. The summed E-state index contributed by atoms with van der Waals surface area (Å²) in [7, 11) is 0. The molecule has 17 heavy (non-hydrogen) atoms. The van der Waals surface area contributed by atoms with Crippen molar-refractivity contribution >= 4 is 0 Å². The Balaban J connectivity index is 2.11. The third kappa shape index (κ3) is 1.73. The minimum atomic E-state index is -0.760. The van der Waals surface area contributed by atoms with Gasteiger partial charge in [-0.1, -0.05) is 30.3 Å². The van der Waals surface area contributed by atoms with Crippen molar-refractivity contribution in [2.24, 2.45) is 0 Å². The number of hydrogen-bond donors (Lipinski definition) is 0. The smallest absolute Gasteiger partial charge is 0.222 e. The lowest BCUT2D eigenvalue weighted by Gasteiger charge is -2.28. The fraction of sp³-hybridized carbons (Fsp3) is 0.214. The molecule has 1 aromatic heterocycles. The molecule has 0 amide bonds. The summed E-state index contributed by atoms with van der Waals surface area (Å²) in [6.45, 7) is 1.22. The van der Waals surface area contributed by atoms with Gasteiger partial charge in [-0.05, 0) is 12.1 Å². The van der Waals surface area contributed by atoms with Gasteiger partial charge in [-0.2, -0.15) is 0 Å². The zero-order valence-corrected chi connectivity index (χ0v) is 9.37. The van der Waals surface area contributed by atoms with E-state index in [-0.39, 0.29) is 0 Å². The molecular weight excluding hydrogens is 214 g/mol. The van der Waals surface area contributed by atoms with Crippen LogP contribution >= 0.6 is 0 Å². The first-order valence-electron chi connectivity index (χ1n) is 5.66. The van der Waals surface area contributed by atoms with Crippen LogP contribution in [-0.2, 0) is 15.3 Å². The van der Waals surface area contributed by atoms with Gasteiger partial charge in [0.2, 0.25) is 5.79 Å². The summed E-state index contributed by atoms with van der Waals surface area (Å²) in [4.78, 5) is 4.03. The van der Waals surface area contributed by atoms with Crippen LogP contribution < -0.4 is 0 Å². The number of pyridine rings is 1. The predicted molar refractivity (Wildman–Crippen MR) is 63.4 cm³/mol. The van der Waals surface area contributed by atoms with Crippen molar-refractivity contribution in [1.82, 2.24) is 4.98 Å². The van der Waals surface area contributed by atoms with Gasteiger partial charge in [0, 0.05) is 23.5 Å². The van der Waals surface area contributed by atoms with E-state index >= 15 is 0 Å². The second kappa shape index (κ2) is 4.28. The highest BCUT2D eigenvalue weighted by Crippen LogP contribution is 2.37. The third-order valence-corrected chi connectivity index (χ3v) is 2.91. The van der Waals surface area contributed by atoms with Crippen LogP contribution in [0.25, 0.3) is 0 Å². The van der Waals surface area contributed by atoms with Gasteiger partial charge in [-0.15, -0.1) is 0 Å². The predicted octanol–water partition coefficient (Wildman–Crippen LogP) is 2.33. The number of rotatable bonds is 2. The van der Waals surface area contributed by atoms with Crippen LogP contribution in [0.1, 0.15) is 11.1 Å². The van der Waals surface area contributed by atoms with Crippen molar-refractivity contribution in [2.45, 2.75) is 5.79 Å². The minimum absolute atomic E-state index is 0.608. The molecule has 3 nitrogen and oxygen atoms in total. The summed E-state index contributed by atoms with van der Waals surface area (Å²) >= 11 is 0. The first-order chi connectivity index (χ1) is 8.42. The van der Waals surface area contributed by atoms with Crippen LogP contribution in [0.2, 0.25) is 0 Å². The topological polar surface area (TPSA) is 31.4 Å². The molecule has 1 fully saturated rings. The van der Waals surface area contributed by atoms with E-state index in [1.54, 1.807) is 12.4 Å². The van der Waals surface area contributed by atoms with Crippen molar-refractivity contribution in [3.63, 3.8) is 0 Å². The van der Waals surface area contributed by atoms with Crippen LogP contribution in [0.3, 0.4) is 0 Å². The largest absolute Gasteiger partial charge is 0.340 e. The van der Waals surface area contributed by atoms with Gasteiger partial charge in [0.15, 0.2) is 0 Å². The Morgan fingerprint density at radius 3 is 2.06 bits per heavy atom. The van der Waals surface area contributed by atoms with Crippen molar-refractivity contribution in [2.75, 3.05) is 13.2 Å². The lowest BCUT2D eigenvalue weighted by Crippen LogP contribution is -2.28. The summed E-state index contributed by atoms with van der Waals surface area (Å²) in [5, 5.41) is 0. The summed E-state index contributed by atoms with van der Waals surface area (Å²) in [5.74, 6) is -0.760. The monoisotopic (exact) mass is 227 g/mol. The average molecular weight is 227 g/mol. The molecule has 2 heterocycles. The molecule has 1 aliphatic heterocycles. The Morgan fingerprint density at radius 2 is 1.41 bits per heavy atom. The van der Waals surface area contributed by atoms with Crippen molar-refractivity contribution < 1.29 is 9.47 Å². The molecule has 86 valence electrons. The van der Waals surface area contributed by atoms with E-state index in [9.17, 15) is 0 Å². The normalized spacial score (nSPS) is 18.1.